The van der Waals surface area contributed by atoms with Gasteiger partial charge in [-0.25, -0.2) is 0 Å². The number of rotatable bonds is 6. The highest BCUT2D eigenvalue weighted by Gasteiger charge is 2.27. The number of nitrogens with one attached hydrogen (secondary N) is 1. The molecule has 1 aromatic heterocycles. The third-order valence-corrected chi connectivity index (χ3v) is 4.10. The van der Waals surface area contributed by atoms with Crippen LogP contribution in [0.2, 0.25) is 0 Å². The van der Waals surface area contributed by atoms with Gasteiger partial charge in [0, 0.05) is 19.6 Å². The van der Waals surface area contributed by atoms with Crippen molar-refractivity contribution in [1.82, 2.24) is 10.1 Å². The molecule has 0 aromatic carbocycles. The zero-order valence-corrected chi connectivity index (χ0v) is 12.2. The molecular weight excluding hydrogens is 242 g/mol. The van der Waals surface area contributed by atoms with Gasteiger partial charge in [0.1, 0.15) is 0 Å². The molecule has 1 aromatic rings. The number of nitrogens with zero attached hydrogens (tertiary/aromatic N) is 2. The molecule has 1 N–H and O–H groups in total. The van der Waals surface area contributed by atoms with Crippen LogP contribution in [0.3, 0.4) is 0 Å². The molecule has 1 aliphatic carbocycles. The van der Waals surface area contributed by atoms with E-state index in [1.165, 1.54) is 25.7 Å². The Balaban J connectivity index is 1.82. The van der Waals surface area contributed by atoms with Crippen LogP contribution in [0, 0.1) is 11.8 Å². The van der Waals surface area contributed by atoms with Crippen LogP contribution in [-0.4, -0.2) is 30.4 Å². The van der Waals surface area contributed by atoms with Crippen molar-refractivity contribution in [2.24, 2.45) is 11.8 Å². The average molecular weight is 267 g/mol. The van der Waals surface area contributed by atoms with Gasteiger partial charge in [0.05, 0.1) is 6.61 Å². The van der Waals surface area contributed by atoms with Gasteiger partial charge < -0.3 is 14.6 Å². The first-order chi connectivity index (χ1) is 9.20. The topological polar surface area (TPSA) is 60.2 Å². The van der Waals surface area contributed by atoms with Crippen molar-refractivity contribution in [2.45, 2.75) is 45.4 Å². The lowest BCUT2D eigenvalue weighted by Gasteiger charge is -2.29. The molecule has 1 heterocycles. The molecule has 1 fully saturated rings. The van der Waals surface area contributed by atoms with Crippen LogP contribution in [0.4, 0.5) is 6.01 Å². The lowest BCUT2D eigenvalue weighted by atomic mass is 9.77. The van der Waals surface area contributed by atoms with Crippen molar-refractivity contribution < 1.29 is 9.26 Å². The summed E-state index contributed by atoms with van der Waals surface area (Å²) in [6.45, 7) is 5.96. The molecule has 0 radical (unpaired) electrons. The Hall–Kier alpha value is -1.10. The van der Waals surface area contributed by atoms with Crippen molar-refractivity contribution in [2.75, 3.05) is 25.6 Å². The highest BCUT2D eigenvalue weighted by Crippen LogP contribution is 2.37. The summed E-state index contributed by atoms with van der Waals surface area (Å²) in [4.78, 5) is 4.43. The van der Waals surface area contributed by atoms with Crippen LogP contribution >= 0.6 is 0 Å². The Bertz CT molecular complexity index is 371. The van der Waals surface area contributed by atoms with E-state index in [2.05, 4.69) is 29.3 Å². The maximum atomic E-state index is 5.21. The summed E-state index contributed by atoms with van der Waals surface area (Å²) in [6, 6.07) is 0.512. The van der Waals surface area contributed by atoms with Gasteiger partial charge in [0.2, 0.25) is 0 Å². The minimum Gasteiger partial charge on any atom is -0.383 e. The quantitative estimate of drug-likeness (QED) is 0.803. The van der Waals surface area contributed by atoms with Crippen LogP contribution < -0.4 is 5.32 Å². The summed E-state index contributed by atoms with van der Waals surface area (Å²) in [7, 11) is 1.67. The average Bonchev–Trinajstić information content (AvgIpc) is 2.88. The van der Waals surface area contributed by atoms with Gasteiger partial charge in [0.25, 0.3) is 0 Å². The summed E-state index contributed by atoms with van der Waals surface area (Å²) in [5.74, 6) is 2.98. The second-order valence-corrected chi connectivity index (χ2v) is 5.73. The van der Waals surface area contributed by atoms with E-state index in [-0.39, 0.29) is 0 Å². The van der Waals surface area contributed by atoms with Gasteiger partial charge in [-0.05, 0) is 37.5 Å². The van der Waals surface area contributed by atoms with Crippen molar-refractivity contribution >= 4 is 6.01 Å². The lowest BCUT2D eigenvalue weighted by Crippen LogP contribution is -2.18. The minimum absolute atomic E-state index is 0.469. The van der Waals surface area contributed by atoms with E-state index in [4.69, 9.17) is 9.26 Å². The van der Waals surface area contributed by atoms with Gasteiger partial charge in [0.15, 0.2) is 5.82 Å². The first-order valence-electron chi connectivity index (χ1n) is 7.27. The predicted octanol–water partition coefficient (Wildman–Crippen LogP) is 3.06. The Morgan fingerprint density at radius 3 is 2.68 bits per heavy atom. The zero-order chi connectivity index (χ0) is 13.7. The molecule has 1 aliphatic rings. The Morgan fingerprint density at radius 1 is 1.32 bits per heavy atom. The highest BCUT2D eigenvalue weighted by molar-refractivity contribution is 5.19. The van der Waals surface area contributed by atoms with Crippen molar-refractivity contribution in [3.8, 4) is 0 Å². The number of ether oxygens (including phenoxy) is 1. The molecule has 2 rings (SSSR count). The number of aromatic nitrogens is 2. The first-order valence-corrected chi connectivity index (χ1v) is 7.27. The van der Waals surface area contributed by atoms with E-state index in [1.807, 2.05) is 0 Å². The van der Waals surface area contributed by atoms with Crippen molar-refractivity contribution in [1.29, 1.82) is 0 Å². The van der Waals surface area contributed by atoms with E-state index < -0.39 is 0 Å². The normalized spacial score (nSPS) is 23.8. The summed E-state index contributed by atoms with van der Waals surface area (Å²) in [5, 5.41) is 7.17. The smallest absolute Gasteiger partial charge is 0.321 e. The summed E-state index contributed by atoms with van der Waals surface area (Å²) in [6.07, 6.45) is 4.92. The molecule has 0 aliphatic heterocycles. The number of hydrogen-bond acceptors (Lipinski definition) is 5. The molecule has 108 valence electrons. The second kappa shape index (κ2) is 6.89. The van der Waals surface area contributed by atoms with E-state index >= 15 is 0 Å². The van der Waals surface area contributed by atoms with E-state index in [0.29, 0.717) is 25.1 Å². The van der Waals surface area contributed by atoms with E-state index in [9.17, 15) is 0 Å². The largest absolute Gasteiger partial charge is 0.383 e. The van der Waals surface area contributed by atoms with E-state index in [0.717, 1.165) is 17.7 Å². The second-order valence-electron chi connectivity index (χ2n) is 5.73. The monoisotopic (exact) mass is 267 g/mol. The summed E-state index contributed by atoms with van der Waals surface area (Å²) >= 11 is 0. The van der Waals surface area contributed by atoms with Crippen LogP contribution in [0.5, 0.6) is 0 Å². The zero-order valence-electron chi connectivity index (χ0n) is 12.2. The fraction of sp³-hybridized carbons (Fsp3) is 0.857. The first kappa shape index (κ1) is 14.3. The van der Waals surface area contributed by atoms with Crippen LogP contribution in [0.25, 0.3) is 0 Å². The van der Waals surface area contributed by atoms with Crippen molar-refractivity contribution in [3.63, 3.8) is 0 Å². The third-order valence-electron chi connectivity index (χ3n) is 4.10. The summed E-state index contributed by atoms with van der Waals surface area (Å²) in [5.41, 5.74) is 0. The SMILES string of the molecule is COCCNc1nc(C2CCC(C(C)C)CC2)no1. The highest BCUT2D eigenvalue weighted by atomic mass is 16.5. The molecular formula is C14H25N3O2. The molecule has 19 heavy (non-hydrogen) atoms. The van der Waals surface area contributed by atoms with Gasteiger partial charge in [-0.2, -0.15) is 4.98 Å². The van der Waals surface area contributed by atoms with Gasteiger partial charge in [-0.1, -0.05) is 19.0 Å². The Labute approximate surface area is 115 Å². The molecule has 0 amide bonds. The molecule has 1 saturated carbocycles. The molecule has 0 saturated heterocycles. The fourth-order valence-corrected chi connectivity index (χ4v) is 2.78. The van der Waals surface area contributed by atoms with Gasteiger partial charge in [-0.3, -0.25) is 0 Å². The maximum Gasteiger partial charge on any atom is 0.321 e. The number of hydrogen-bond donors (Lipinski definition) is 1. The van der Waals surface area contributed by atoms with Gasteiger partial charge >= 0.3 is 6.01 Å². The van der Waals surface area contributed by atoms with Crippen LogP contribution in [0.15, 0.2) is 4.52 Å². The number of methoxy groups -OCH3 is 1. The standard InChI is InChI=1S/C14H25N3O2/c1-10(2)11-4-6-12(7-5-11)13-16-14(19-17-13)15-8-9-18-3/h10-12H,4-9H2,1-3H3,(H,15,16,17). The van der Waals surface area contributed by atoms with Crippen LogP contribution in [0.1, 0.15) is 51.3 Å². The molecule has 0 bridgehead atoms. The lowest BCUT2D eigenvalue weighted by molar-refractivity contribution is 0.210. The molecule has 0 unspecified atom stereocenters. The van der Waals surface area contributed by atoms with Crippen LogP contribution in [-0.2, 0) is 4.74 Å². The maximum absolute atomic E-state index is 5.21. The number of anilines is 1. The van der Waals surface area contributed by atoms with Crippen molar-refractivity contribution in [3.05, 3.63) is 5.82 Å². The minimum atomic E-state index is 0.469. The predicted molar refractivity (Wildman–Crippen MR) is 74.2 cm³/mol. The van der Waals surface area contributed by atoms with Gasteiger partial charge in [-0.15, -0.1) is 0 Å². The Morgan fingerprint density at radius 2 is 2.05 bits per heavy atom. The molecule has 5 nitrogen and oxygen atoms in total. The third kappa shape index (κ3) is 3.93. The molecule has 0 atom stereocenters. The summed E-state index contributed by atoms with van der Waals surface area (Å²) < 4.78 is 10.2. The fourth-order valence-electron chi connectivity index (χ4n) is 2.78. The molecule has 0 spiro atoms. The Kier molecular flexibility index (Phi) is 5.19. The van der Waals surface area contributed by atoms with E-state index in [1.54, 1.807) is 7.11 Å². The molecule has 5 heteroatoms.